The zero-order valence-electron chi connectivity index (χ0n) is 9.37. The summed E-state index contributed by atoms with van der Waals surface area (Å²) in [5.41, 5.74) is 1.27. The molecule has 1 aliphatic heterocycles. The maximum Gasteiger partial charge on any atom is 0.220 e. The fourth-order valence-electron chi connectivity index (χ4n) is 1.96. The molecular formula is C12H18N2OS. The molecule has 2 heterocycles. The first-order valence-corrected chi connectivity index (χ1v) is 6.80. The lowest BCUT2D eigenvalue weighted by Gasteiger charge is -2.23. The Labute approximate surface area is 100 Å². The maximum atomic E-state index is 11.7. The summed E-state index contributed by atoms with van der Waals surface area (Å²) in [5, 5.41) is 10.6. The highest BCUT2D eigenvalue weighted by Gasteiger charge is 2.14. The van der Waals surface area contributed by atoms with Crippen molar-refractivity contribution < 1.29 is 4.79 Å². The molecule has 0 unspecified atom stereocenters. The first kappa shape index (κ1) is 11.6. The molecule has 2 rings (SSSR count). The van der Waals surface area contributed by atoms with Gasteiger partial charge in [-0.1, -0.05) is 0 Å². The van der Waals surface area contributed by atoms with Gasteiger partial charge < -0.3 is 10.6 Å². The van der Waals surface area contributed by atoms with Crippen molar-refractivity contribution in [3.63, 3.8) is 0 Å². The van der Waals surface area contributed by atoms with Gasteiger partial charge in [0.05, 0.1) is 0 Å². The van der Waals surface area contributed by atoms with E-state index < -0.39 is 0 Å². The molecule has 0 spiro atoms. The zero-order chi connectivity index (χ0) is 11.2. The minimum atomic E-state index is 0.193. The third-order valence-electron chi connectivity index (χ3n) is 2.93. The van der Waals surface area contributed by atoms with Gasteiger partial charge in [0.15, 0.2) is 0 Å². The summed E-state index contributed by atoms with van der Waals surface area (Å²) in [6.07, 6.45) is 3.59. The SMILES string of the molecule is O=C(CCc1ccsc1)NC1CCNCC1. The molecule has 1 saturated heterocycles. The Hall–Kier alpha value is -0.870. The van der Waals surface area contributed by atoms with Gasteiger partial charge in [-0.25, -0.2) is 0 Å². The van der Waals surface area contributed by atoms with Gasteiger partial charge in [-0.3, -0.25) is 4.79 Å². The molecule has 88 valence electrons. The summed E-state index contributed by atoms with van der Waals surface area (Å²) in [5.74, 6) is 0.193. The Bertz CT molecular complexity index is 318. The molecule has 0 bridgehead atoms. The third kappa shape index (κ3) is 3.61. The molecule has 0 aromatic carbocycles. The summed E-state index contributed by atoms with van der Waals surface area (Å²) in [6, 6.07) is 2.47. The molecule has 3 nitrogen and oxygen atoms in total. The number of piperidine rings is 1. The van der Waals surface area contributed by atoms with Crippen LogP contribution in [0.3, 0.4) is 0 Å². The van der Waals surface area contributed by atoms with Crippen LogP contribution in [0, 0.1) is 0 Å². The van der Waals surface area contributed by atoms with Crippen molar-refractivity contribution in [2.75, 3.05) is 13.1 Å². The summed E-state index contributed by atoms with van der Waals surface area (Å²) >= 11 is 1.69. The molecule has 1 aromatic rings. The van der Waals surface area contributed by atoms with Crippen LogP contribution in [0.1, 0.15) is 24.8 Å². The van der Waals surface area contributed by atoms with E-state index in [0.717, 1.165) is 32.4 Å². The Morgan fingerprint density at radius 1 is 1.50 bits per heavy atom. The third-order valence-corrected chi connectivity index (χ3v) is 3.66. The zero-order valence-corrected chi connectivity index (χ0v) is 10.2. The Morgan fingerprint density at radius 3 is 3.00 bits per heavy atom. The standard InChI is InChI=1S/C12H18N2OS/c15-12(2-1-10-5-8-16-9-10)14-11-3-6-13-7-4-11/h5,8-9,11,13H,1-4,6-7H2,(H,14,15). The van der Waals surface area contributed by atoms with Crippen LogP contribution in [-0.2, 0) is 11.2 Å². The molecule has 1 fully saturated rings. The van der Waals surface area contributed by atoms with E-state index in [1.54, 1.807) is 11.3 Å². The number of amides is 1. The number of carbonyl (C=O) groups excluding carboxylic acids is 1. The van der Waals surface area contributed by atoms with Gasteiger partial charge in [0.2, 0.25) is 5.91 Å². The molecule has 1 amide bonds. The van der Waals surface area contributed by atoms with Gasteiger partial charge in [0, 0.05) is 12.5 Å². The summed E-state index contributed by atoms with van der Waals surface area (Å²) in [6.45, 7) is 2.05. The van der Waals surface area contributed by atoms with Crippen LogP contribution in [0.4, 0.5) is 0 Å². The minimum absolute atomic E-state index is 0.193. The predicted octanol–water partition coefficient (Wildman–Crippen LogP) is 1.55. The van der Waals surface area contributed by atoms with Crippen molar-refractivity contribution in [3.05, 3.63) is 22.4 Å². The molecule has 1 aromatic heterocycles. The fraction of sp³-hybridized carbons (Fsp3) is 0.583. The Balaban J connectivity index is 1.67. The van der Waals surface area contributed by atoms with E-state index in [1.165, 1.54) is 5.56 Å². The molecule has 0 aliphatic carbocycles. The van der Waals surface area contributed by atoms with Crippen LogP contribution in [0.25, 0.3) is 0 Å². The van der Waals surface area contributed by atoms with Crippen LogP contribution in [-0.4, -0.2) is 25.0 Å². The van der Waals surface area contributed by atoms with E-state index in [-0.39, 0.29) is 5.91 Å². The van der Waals surface area contributed by atoms with Crippen molar-refractivity contribution in [2.24, 2.45) is 0 Å². The van der Waals surface area contributed by atoms with Crippen LogP contribution in [0.5, 0.6) is 0 Å². The highest BCUT2D eigenvalue weighted by molar-refractivity contribution is 7.07. The van der Waals surface area contributed by atoms with Crippen molar-refractivity contribution >= 4 is 17.2 Å². The largest absolute Gasteiger partial charge is 0.353 e. The predicted molar refractivity (Wildman–Crippen MR) is 66.7 cm³/mol. The lowest BCUT2D eigenvalue weighted by molar-refractivity contribution is -0.121. The molecule has 4 heteroatoms. The van der Waals surface area contributed by atoms with Gasteiger partial charge in [-0.15, -0.1) is 0 Å². The normalized spacial score (nSPS) is 17.2. The van der Waals surface area contributed by atoms with Crippen molar-refractivity contribution in [3.8, 4) is 0 Å². The van der Waals surface area contributed by atoms with Crippen LogP contribution in [0.15, 0.2) is 16.8 Å². The lowest BCUT2D eigenvalue weighted by atomic mass is 10.1. The molecule has 0 radical (unpaired) electrons. The molecular weight excluding hydrogens is 220 g/mol. The van der Waals surface area contributed by atoms with Crippen LogP contribution < -0.4 is 10.6 Å². The van der Waals surface area contributed by atoms with Gasteiger partial charge in [0.1, 0.15) is 0 Å². The molecule has 1 aliphatic rings. The lowest BCUT2D eigenvalue weighted by Crippen LogP contribution is -2.42. The van der Waals surface area contributed by atoms with Crippen LogP contribution in [0.2, 0.25) is 0 Å². The van der Waals surface area contributed by atoms with Gasteiger partial charge in [0.25, 0.3) is 0 Å². The molecule has 16 heavy (non-hydrogen) atoms. The number of nitrogens with one attached hydrogen (secondary N) is 2. The number of hydrogen-bond acceptors (Lipinski definition) is 3. The number of thiophene rings is 1. The monoisotopic (exact) mass is 238 g/mol. The first-order chi connectivity index (χ1) is 7.84. The molecule has 2 N–H and O–H groups in total. The Morgan fingerprint density at radius 2 is 2.31 bits per heavy atom. The fourth-order valence-corrected chi connectivity index (χ4v) is 2.66. The Kier molecular flexibility index (Phi) is 4.36. The highest BCUT2D eigenvalue weighted by atomic mass is 32.1. The van der Waals surface area contributed by atoms with E-state index in [0.29, 0.717) is 12.5 Å². The van der Waals surface area contributed by atoms with E-state index >= 15 is 0 Å². The number of aryl methyl sites for hydroxylation is 1. The van der Waals surface area contributed by atoms with E-state index in [1.807, 2.05) is 0 Å². The van der Waals surface area contributed by atoms with Gasteiger partial charge in [-0.2, -0.15) is 11.3 Å². The topological polar surface area (TPSA) is 41.1 Å². The van der Waals surface area contributed by atoms with Crippen molar-refractivity contribution in [1.29, 1.82) is 0 Å². The van der Waals surface area contributed by atoms with Crippen molar-refractivity contribution in [1.82, 2.24) is 10.6 Å². The molecule has 0 atom stereocenters. The van der Waals surface area contributed by atoms with Crippen molar-refractivity contribution in [2.45, 2.75) is 31.7 Å². The average molecular weight is 238 g/mol. The second-order valence-corrected chi connectivity index (χ2v) is 5.00. The van der Waals surface area contributed by atoms with E-state index in [9.17, 15) is 4.79 Å². The van der Waals surface area contributed by atoms with E-state index in [4.69, 9.17) is 0 Å². The smallest absolute Gasteiger partial charge is 0.220 e. The summed E-state index contributed by atoms with van der Waals surface area (Å²) < 4.78 is 0. The van der Waals surface area contributed by atoms with Crippen LogP contribution >= 0.6 is 11.3 Å². The minimum Gasteiger partial charge on any atom is -0.353 e. The summed E-state index contributed by atoms with van der Waals surface area (Å²) in [4.78, 5) is 11.7. The van der Waals surface area contributed by atoms with Gasteiger partial charge >= 0.3 is 0 Å². The number of hydrogen-bond donors (Lipinski definition) is 2. The molecule has 0 saturated carbocycles. The quantitative estimate of drug-likeness (QED) is 0.835. The number of carbonyl (C=O) groups is 1. The van der Waals surface area contributed by atoms with E-state index in [2.05, 4.69) is 27.5 Å². The van der Waals surface area contributed by atoms with Gasteiger partial charge in [-0.05, 0) is 54.7 Å². The second kappa shape index (κ2) is 6.01. The second-order valence-electron chi connectivity index (χ2n) is 4.22. The highest BCUT2D eigenvalue weighted by Crippen LogP contribution is 2.09. The summed E-state index contributed by atoms with van der Waals surface area (Å²) in [7, 11) is 0. The maximum absolute atomic E-state index is 11.7. The number of rotatable bonds is 4. The first-order valence-electron chi connectivity index (χ1n) is 5.86. The average Bonchev–Trinajstić information content (AvgIpc) is 2.81.